The van der Waals surface area contributed by atoms with E-state index >= 15 is 0 Å². The van der Waals surface area contributed by atoms with Gasteiger partial charge in [-0.1, -0.05) is 23.2 Å². The molecule has 0 N–H and O–H groups in total. The SMILES string of the molecule is Clc1cc(Cl)cc(I)c1.O=CCl. The lowest BCUT2D eigenvalue weighted by Crippen LogP contribution is -1.69. The first-order valence-electron chi connectivity index (χ1n) is 2.75. The van der Waals surface area contributed by atoms with Crippen LogP contribution in [0.3, 0.4) is 0 Å². The van der Waals surface area contributed by atoms with Gasteiger partial charge in [-0.2, -0.15) is 0 Å². The van der Waals surface area contributed by atoms with Crippen LogP contribution in [0, 0.1) is 3.57 Å². The zero-order valence-corrected chi connectivity index (χ0v) is 10.2. The van der Waals surface area contributed by atoms with Crippen LogP contribution in [0.5, 0.6) is 0 Å². The Labute approximate surface area is 99.1 Å². The number of halogens is 4. The number of hydrogen-bond acceptors (Lipinski definition) is 1. The third-order valence-electron chi connectivity index (χ3n) is 0.827. The highest BCUT2D eigenvalue weighted by Crippen LogP contribution is 2.19. The van der Waals surface area contributed by atoms with Crippen molar-refractivity contribution in [1.29, 1.82) is 0 Å². The molecule has 12 heavy (non-hydrogen) atoms. The van der Waals surface area contributed by atoms with Gasteiger partial charge in [-0.05, 0) is 52.4 Å². The van der Waals surface area contributed by atoms with Gasteiger partial charge < -0.3 is 0 Å². The Balaban J connectivity index is 0.000000354. The molecule has 0 radical (unpaired) electrons. The van der Waals surface area contributed by atoms with Crippen LogP contribution in [0.25, 0.3) is 0 Å². The molecule has 1 aromatic rings. The zero-order chi connectivity index (χ0) is 9.56. The Morgan fingerprint density at radius 2 is 1.50 bits per heavy atom. The Bertz CT molecular complexity index is 214. The van der Waals surface area contributed by atoms with Gasteiger partial charge in [-0.25, -0.2) is 0 Å². The van der Waals surface area contributed by atoms with Crippen molar-refractivity contribution in [3.05, 3.63) is 31.8 Å². The van der Waals surface area contributed by atoms with Crippen LogP contribution in [0.4, 0.5) is 0 Å². The number of rotatable bonds is 0. The van der Waals surface area contributed by atoms with Gasteiger partial charge in [0.05, 0.1) is 0 Å². The fourth-order valence-corrected chi connectivity index (χ4v) is 2.09. The number of carbonyl (C=O) groups is 1. The minimum atomic E-state index is 0.222. The van der Waals surface area contributed by atoms with E-state index in [2.05, 4.69) is 34.2 Å². The summed E-state index contributed by atoms with van der Waals surface area (Å²) in [4.78, 5) is 8.57. The summed E-state index contributed by atoms with van der Waals surface area (Å²) in [7, 11) is 0. The lowest BCUT2D eigenvalue weighted by molar-refractivity contribution is 0.569. The van der Waals surface area contributed by atoms with E-state index in [0.29, 0.717) is 10.0 Å². The minimum absolute atomic E-state index is 0.222. The molecule has 0 aliphatic heterocycles. The first-order chi connectivity index (χ1) is 5.60. The molecular formula is C7H4Cl3IO. The van der Waals surface area contributed by atoms with Crippen LogP contribution >= 0.6 is 57.4 Å². The molecule has 5 heteroatoms. The van der Waals surface area contributed by atoms with Crippen molar-refractivity contribution in [3.8, 4) is 0 Å². The molecule has 0 spiro atoms. The van der Waals surface area contributed by atoms with Gasteiger partial charge in [0.2, 0.25) is 5.75 Å². The molecule has 66 valence electrons. The number of benzene rings is 1. The highest BCUT2D eigenvalue weighted by Gasteiger charge is 1.92. The monoisotopic (exact) mass is 336 g/mol. The van der Waals surface area contributed by atoms with E-state index < -0.39 is 0 Å². The highest BCUT2D eigenvalue weighted by atomic mass is 127. The Morgan fingerprint density at radius 1 is 1.17 bits per heavy atom. The first kappa shape index (κ1) is 12.5. The Kier molecular flexibility index (Phi) is 7.23. The molecule has 0 heterocycles. The Hall–Kier alpha value is 0.490. The molecule has 1 rings (SSSR count). The van der Waals surface area contributed by atoms with Crippen LogP contribution in [0.1, 0.15) is 0 Å². The summed E-state index contributed by atoms with van der Waals surface area (Å²) in [6.45, 7) is 0. The van der Waals surface area contributed by atoms with E-state index in [1.165, 1.54) is 0 Å². The van der Waals surface area contributed by atoms with E-state index in [1.807, 2.05) is 12.1 Å². The standard InChI is InChI=1S/C6H3Cl2I.CHClO/c7-4-1-5(8)3-6(9)2-4;2-1-3/h1-3H;1H. The average molecular weight is 337 g/mol. The molecule has 0 fully saturated rings. The van der Waals surface area contributed by atoms with Gasteiger partial charge in [0.25, 0.3) is 0 Å². The molecule has 0 unspecified atom stereocenters. The van der Waals surface area contributed by atoms with Crippen molar-refractivity contribution in [1.82, 2.24) is 0 Å². The lowest BCUT2D eigenvalue weighted by Gasteiger charge is -1.92. The minimum Gasteiger partial charge on any atom is -0.285 e. The van der Waals surface area contributed by atoms with Gasteiger partial charge in [0.15, 0.2) is 0 Å². The summed E-state index contributed by atoms with van der Waals surface area (Å²) in [5.74, 6) is 0.222. The van der Waals surface area contributed by atoms with Crippen molar-refractivity contribution >= 4 is 63.1 Å². The maximum Gasteiger partial charge on any atom is 0.208 e. The van der Waals surface area contributed by atoms with Crippen LogP contribution in [0.15, 0.2) is 18.2 Å². The van der Waals surface area contributed by atoms with Crippen LogP contribution in [-0.4, -0.2) is 5.75 Å². The maximum absolute atomic E-state index is 8.57. The summed E-state index contributed by atoms with van der Waals surface area (Å²) in [5, 5.41) is 1.37. The van der Waals surface area contributed by atoms with Crippen molar-refractivity contribution in [2.24, 2.45) is 0 Å². The summed E-state index contributed by atoms with van der Waals surface area (Å²) in [5.41, 5.74) is 0. The fourth-order valence-electron chi connectivity index (χ4n) is 0.520. The van der Waals surface area contributed by atoms with E-state index in [-0.39, 0.29) is 5.75 Å². The second-order valence-corrected chi connectivity index (χ2v) is 3.97. The predicted molar refractivity (Wildman–Crippen MR) is 61.8 cm³/mol. The van der Waals surface area contributed by atoms with Gasteiger partial charge in [0, 0.05) is 13.6 Å². The van der Waals surface area contributed by atoms with E-state index in [9.17, 15) is 0 Å². The molecule has 1 aromatic carbocycles. The van der Waals surface area contributed by atoms with Crippen molar-refractivity contribution in [3.63, 3.8) is 0 Å². The van der Waals surface area contributed by atoms with Crippen molar-refractivity contribution in [2.75, 3.05) is 0 Å². The van der Waals surface area contributed by atoms with Crippen molar-refractivity contribution in [2.45, 2.75) is 0 Å². The van der Waals surface area contributed by atoms with Crippen molar-refractivity contribution < 1.29 is 4.79 Å². The van der Waals surface area contributed by atoms with Gasteiger partial charge in [0.1, 0.15) is 0 Å². The molecule has 0 atom stereocenters. The van der Waals surface area contributed by atoms with Gasteiger partial charge in [-0.15, -0.1) is 0 Å². The molecule has 0 amide bonds. The number of hydrogen-bond donors (Lipinski definition) is 0. The van der Waals surface area contributed by atoms with Gasteiger partial charge in [-0.3, -0.25) is 4.79 Å². The fraction of sp³-hybridized carbons (Fsp3) is 0. The highest BCUT2D eigenvalue weighted by molar-refractivity contribution is 14.1. The third-order valence-corrected chi connectivity index (χ3v) is 1.89. The van der Waals surface area contributed by atoms with E-state index in [0.717, 1.165) is 3.57 Å². The number of carbonyl (C=O) groups excluding carboxylic acids is 1. The van der Waals surface area contributed by atoms with Crippen LogP contribution < -0.4 is 0 Å². The smallest absolute Gasteiger partial charge is 0.208 e. The topological polar surface area (TPSA) is 17.1 Å². The summed E-state index contributed by atoms with van der Waals surface area (Å²) >= 11 is 17.8. The molecule has 0 aliphatic carbocycles. The predicted octanol–water partition coefficient (Wildman–Crippen LogP) is 4.01. The molecule has 0 aromatic heterocycles. The maximum atomic E-state index is 8.57. The lowest BCUT2D eigenvalue weighted by atomic mass is 10.4. The average Bonchev–Trinajstić information content (AvgIpc) is 1.84. The molecule has 0 saturated carbocycles. The zero-order valence-electron chi connectivity index (χ0n) is 5.73. The summed E-state index contributed by atoms with van der Waals surface area (Å²) in [6, 6.07) is 5.42. The second kappa shape index (κ2) is 6.95. The Morgan fingerprint density at radius 3 is 1.75 bits per heavy atom. The van der Waals surface area contributed by atoms with Crippen LogP contribution in [0.2, 0.25) is 10.0 Å². The second-order valence-electron chi connectivity index (χ2n) is 1.68. The molecule has 0 bridgehead atoms. The third kappa shape index (κ3) is 6.06. The van der Waals surface area contributed by atoms with Crippen LogP contribution in [-0.2, 0) is 4.79 Å². The molecule has 0 aliphatic rings. The van der Waals surface area contributed by atoms with E-state index in [4.69, 9.17) is 28.0 Å². The molecule has 0 saturated heterocycles. The summed E-state index contributed by atoms with van der Waals surface area (Å²) < 4.78 is 1.06. The summed E-state index contributed by atoms with van der Waals surface area (Å²) in [6.07, 6.45) is 0. The normalized spacial score (nSPS) is 8.33. The molecular weight excluding hydrogens is 333 g/mol. The van der Waals surface area contributed by atoms with Gasteiger partial charge >= 0.3 is 0 Å². The quantitative estimate of drug-likeness (QED) is 0.397. The molecule has 1 nitrogen and oxygen atoms in total. The first-order valence-corrected chi connectivity index (χ1v) is 5.02. The largest absolute Gasteiger partial charge is 0.285 e. The van der Waals surface area contributed by atoms with E-state index in [1.54, 1.807) is 6.07 Å².